The van der Waals surface area contributed by atoms with Crippen LogP contribution in [0, 0.1) is 0 Å². The molecule has 3 heteroatoms. The molecule has 1 aromatic rings. The third-order valence-electron chi connectivity index (χ3n) is 4.03. The van der Waals surface area contributed by atoms with Crippen molar-refractivity contribution < 1.29 is 0 Å². The van der Waals surface area contributed by atoms with E-state index in [1.54, 1.807) is 0 Å². The van der Waals surface area contributed by atoms with Gasteiger partial charge in [0, 0.05) is 35.8 Å². The number of nitrogens with zero attached hydrogens (tertiary/aromatic N) is 1. The zero-order valence-electron chi connectivity index (χ0n) is 10.4. The monoisotopic (exact) mass is 248 g/mol. The summed E-state index contributed by atoms with van der Waals surface area (Å²) in [6.45, 7) is 3.60. The van der Waals surface area contributed by atoms with Crippen LogP contribution in [-0.4, -0.2) is 29.0 Å². The van der Waals surface area contributed by atoms with E-state index in [1.807, 2.05) is 0 Å². The van der Waals surface area contributed by atoms with E-state index in [2.05, 4.69) is 41.8 Å². The number of hydrogen-bond donors (Lipinski definition) is 1. The standard InChI is InChI=1S/C14H20N2S/c1-10-9-17-7-6-16(10)14-5-2-11-8-12(15)3-4-13(11)14/h3-4,8,10,14H,2,5-7,9,15H2,1H3. The van der Waals surface area contributed by atoms with E-state index in [9.17, 15) is 0 Å². The van der Waals surface area contributed by atoms with Crippen molar-refractivity contribution in [2.45, 2.75) is 31.8 Å². The Kier molecular flexibility index (Phi) is 3.05. The highest BCUT2D eigenvalue weighted by Gasteiger charge is 2.31. The maximum atomic E-state index is 5.87. The number of fused-ring (bicyclic) bond motifs is 1. The van der Waals surface area contributed by atoms with Crippen LogP contribution >= 0.6 is 11.8 Å². The van der Waals surface area contributed by atoms with E-state index >= 15 is 0 Å². The first-order valence-corrected chi connectivity index (χ1v) is 7.63. The predicted octanol–water partition coefficient (Wildman–Crippen LogP) is 2.69. The molecule has 0 bridgehead atoms. The van der Waals surface area contributed by atoms with E-state index in [-0.39, 0.29) is 0 Å². The van der Waals surface area contributed by atoms with Gasteiger partial charge in [0.15, 0.2) is 0 Å². The van der Waals surface area contributed by atoms with Gasteiger partial charge in [0.1, 0.15) is 0 Å². The molecule has 2 aliphatic rings. The maximum absolute atomic E-state index is 5.87. The number of nitrogen functional groups attached to an aromatic ring is 1. The second-order valence-corrected chi connectivity index (χ2v) is 6.32. The number of aryl methyl sites for hydroxylation is 1. The first kappa shape index (κ1) is 11.4. The largest absolute Gasteiger partial charge is 0.399 e. The normalized spacial score (nSPS) is 29.2. The van der Waals surface area contributed by atoms with Gasteiger partial charge in [-0.3, -0.25) is 4.90 Å². The first-order valence-electron chi connectivity index (χ1n) is 6.47. The molecule has 1 aromatic carbocycles. The average Bonchev–Trinajstić information content (AvgIpc) is 2.72. The molecular weight excluding hydrogens is 228 g/mol. The third kappa shape index (κ3) is 2.06. The molecule has 92 valence electrons. The van der Waals surface area contributed by atoms with Crippen LogP contribution in [0.5, 0.6) is 0 Å². The lowest BCUT2D eigenvalue weighted by atomic mass is 10.0. The Morgan fingerprint density at radius 2 is 2.29 bits per heavy atom. The van der Waals surface area contributed by atoms with Crippen LogP contribution in [0.25, 0.3) is 0 Å². The molecule has 0 aromatic heterocycles. The van der Waals surface area contributed by atoms with Crippen molar-refractivity contribution >= 4 is 17.4 Å². The van der Waals surface area contributed by atoms with E-state index < -0.39 is 0 Å². The van der Waals surface area contributed by atoms with Crippen LogP contribution in [0.2, 0.25) is 0 Å². The Labute approximate surface area is 108 Å². The highest BCUT2D eigenvalue weighted by Crippen LogP contribution is 2.39. The molecule has 0 radical (unpaired) electrons. The second-order valence-electron chi connectivity index (χ2n) is 5.17. The Balaban J connectivity index is 1.87. The van der Waals surface area contributed by atoms with Crippen molar-refractivity contribution in [3.8, 4) is 0 Å². The van der Waals surface area contributed by atoms with Crippen molar-refractivity contribution in [2.75, 3.05) is 23.8 Å². The van der Waals surface area contributed by atoms with Crippen LogP contribution in [0.1, 0.15) is 30.5 Å². The SMILES string of the molecule is CC1CSCCN1C1CCc2cc(N)ccc21. The highest BCUT2D eigenvalue weighted by molar-refractivity contribution is 7.99. The summed E-state index contributed by atoms with van der Waals surface area (Å²) >= 11 is 2.09. The molecular formula is C14H20N2S. The molecule has 0 amide bonds. The summed E-state index contributed by atoms with van der Waals surface area (Å²) in [5.74, 6) is 2.56. The fraction of sp³-hybridized carbons (Fsp3) is 0.571. The quantitative estimate of drug-likeness (QED) is 0.775. The van der Waals surface area contributed by atoms with Gasteiger partial charge in [0.25, 0.3) is 0 Å². The van der Waals surface area contributed by atoms with Gasteiger partial charge >= 0.3 is 0 Å². The Hall–Kier alpha value is -0.670. The molecule has 1 heterocycles. The van der Waals surface area contributed by atoms with Gasteiger partial charge in [-0.2, -0.15) is 11.8 Å². The predicted molar refractivity (Wildman–Crippen MR) is 75.4 cm³/mol. The summed E-state index contributed by atoms with van der Waals surface area (Å²) in [6.07, 6.45) is 2.47. The topological polar surface area (TPSA) is 29.3 Å². The first-order chi connectivity index (χ1) is 8.25. The molecule has 2 nitrogen and oxygen atoms in total. The van der Waals surface area contributed by atoms with Gasteiger partial charge in [0.05, 0.1) is 0 Å². The number of rotatable bonds is 1. The molecule has 1 aliphatic carbocycles. The fourth-order valence-corrected chi connectivity index (χ4v) is 4.20. The fourth-order valence-electron chi connectivity index (χ4n) is 3.16. The van der Waals surface area contributed by atoms with Gasteiger partial charge in [0.2, 0.25) is 0 Å². The summed E-state index contributed by atoms with van der Waals surface area (Å²) in [6, 6.07) is 7.82. The minimum atomic E-state index is 0.640. The van der Waals surface area contributed by atoms with E-state index in [1.165, 1.54) is 42.0 Å². The van der Waals surface area contributed by atoms with Crippen molar-refractivity contribution in [1.29, 1.82) is 0 Å². The van der Waals surface area contributed by atoms with E-state index in [0.29, 0.717) is 12.1 Å². The number of hydrogen-bond acceptors (Lipinski definition) is 3. The molecule has 0 saturated carbocycles. The van der Waals surface area contributed by atoms with Crippen LogP contribution < -0.4 is 5.73 Å². The lowest BCUT2D eigenvalue weighted by Crippen LogP contribution is -2.42. The van der Waals surface area contributed by atoms with Crippen molar-refractivity contribution in [1.82, 2.24) is 4.90 Å². The van der Waals surface area contributed by atoms with Gasteiger partial charge in [-0.1, -0.05) is 6.07 Å². The van der Waals surface area contributed by atoms with Crippen LogP contribution in [-0.2, 0) is 6.42 Å². The highest BCUT2D eigenvalue weighted by atomic mass is 32.2. The van der Waals surface area contributed by atoms with Gasteiger partial charge in [-0.05, 0) is 43.0 Å². The molecule has 1 aliphatic heterocycles. The smallest absolute Gasteiger partial charge is 0.0357 e. The zero-order valence-corrected chi connectivity index (χ0v) is 11.2. The van der Waals surface area contributed by atoms with Crippen LogP contribution in [0.3, 0.4) is 0 Å². The van der Waals surface area contributed by atoms with Crippen molar-refractivity contribution in [3.05, 3.63) is 29.3 Å². The molecule has 3 rings (SSSR count). The van der Waals surface area contributed by atoms with Crippen LogP contribution in [0.4, 0.5) is 5.69 Å². The van der Waals surface area contributed by atoms with Gasteiger partial charge < -0.3 is 5.73 Å². The minimum Gasteiger partial charge on any atom is -0.399 e. The van der Waals surface area contributed by atoms with Gasteiger partial charge in [-0.15, -0.1) is 0 Å². The minimum absolute atomic E-state index is 0.640. The lowest BCUT2D eigenvalue weighted by molar-refractivity contribution is 0.161. The molecule has 2 unspecified atom stereocenters. The Morgan fingerprint density at radius 3 is 3.12 bits per heavy atom. The summed E-state index contributed by atoms with van der Waals surface area (Å²) < 4.78 is 0. The number of thioether (sulfide) groups is 1. The molecule has 1 saturated heterocycles. The Bertz CT molecular complexity index is 419. The van der Waals surface area contributed by atoms with E-state index in [0.717, 1.165) is 5.69 Å². The van der Waals surface area contributed by atoms with Crippen LogP contribution in [0.15, 0.2) is 18.2 Å². The molecule has 2 atom stereocenters. The number of benzene rings is 1. The molecule has 0 spiro atoms. The van der Waals surface area contributed by atoms with Crippen molar-refractivity contribution in [2.24, 2.45) is 0 Å². The molecule has 1 fully saturated rings. The average molecular weight is 248 g/mol. The molecule has 17 heavy (non-hydrogen) atoms. The summed E-state index contributed by atoms with van der Waals surface area (Å²) in [5.41, 5.74) is 9.77. The zero-order chi connectivity index (χ0) is 11.8. The molecule has 2 N–H and O–H groups in total. The lowest BCUT2D eigenvalue weighted by Gasteiger charge is -2.38. The Morgan fingerprint density at radius 1 is 1.41 bits per heavy atom. The summed E-state index contributed by atoms with van der Waals surface area (Å²) in [7, 11) is 0. The summed E-state index contributed by atoms with van der Waals surface area (Å²) in [4.78, 5) is 2.69. The maximum Gasteiger partial charge on any atom is 0.0357 e. The third-order valence-corrected chi connectivity index (χ3v) is 5.22. The second kappa shape index (κ2) is 4.54. The summed E-state index contributed by atoms with van der Waals surface area (Å²) in [5, 5.41) is 0. The van der Waals surface area contributed by atoms with Crippen molar-refractivity contribution in [3.63, 3.8) is 0 Å². The number of nitrogens with two attached hydrogens (primary N) is 1. The van der Waals surface area contributed by atoms with Gasteiger partial charge in [-0.25, -0.2) is 0 Å². The van der Waals surface area contributed by atoms with E-state index in [4.69, 9.17) is 5.73 Å². The number of anilines is 1.